The van der Waals surface area contributed by atoms with Crippen LogP contribution in [0.15, 0.2) is 48.5 Å². The number of hydrogen-bond acceptors (Lipinski definition) is 3. The van der Waals surface area contributed by atoms with Crippen molar-refractivity contribution in [1.82, 2.24) is 0 Å². The van der Waals surface area contributed by atoms with Gasteiger partial charge in [-0.2, -0.15) is 0 Å². The van der Waals surface area contributed by atoms with Crippen LogP contribution in [0.2, 0.25) is 0 Å². The highest BCUT2D eigenvalue weighted by Gasteiger charge is 2.11. The molecule has 4 heteroatoms. The standard InChI is InChI=1S/C17H17NO3/c1-13(2)21-17-11-10-16(18(19)20)12-15(17)9-8-14-6-4-3-5-7-14/h3-13H,1-2H3/b9-8+. The third-order valence-corrected chi connectivity index (χ3v) is 2.82. The van der Waals surface area contributed by atoms with E-state index in [1.165, 1.54) is 12.1 Å². The van der Waals surface area contributed by atoms with E-state index in [1.807, 2.05) is 56.3 Å². The Kier molecular flexibility index (Phi) is 4.72. The second-order valence-corrected chi connectivity index (χ2v) is 4.89. The molecule has 0 radical (unpaired) electrons. The number of benzene rings is 2. The van der Waals surface area contributed by atoms with Crippen LogP contribution in [0.5, 0.6) is 5.75 Å². The number of ether oxygens (including phenoxy) is 1. The first-order valence-corrected chi connectivity index (χ1v) is 6.74. The van der Waals surface area contributed by atoms with E-state index in [0.29, 0.717) is 11.3 Å². The Bertz CT molecular complexity index is 648. The SMILES string of the molecule is CC(C)Oc1ccc([N+](=O)[O-])cc1/C=C/c1ccccc1. The Morgan fingerprint density at radius 2 is 1.81 bits per heavy atom. The van der Waals surface area contributed by atoms with Crippen molar-refractivity contribution in [1.29, 1.82) is 0 Å². The van der Waals surface area contributed by atoms with Gasteiger partial charge in [-0.3, -0.25) is 10.1 Å². The number of hydrogen-bond donors (Lipinski definition) is 0. The monoisotopic (exact) mass is 283 g/mol. The lowest BCUT2D eigenvalue weighted by molar-refractivity contribution is -0.384. The maximum Gasteiger partial charge on any atom is 0.270 e. The van der Waals surface area contributed by atoms with Crippen LogP contribution in [-0.2, 0) is 0 Å². The summed E-state index contributed by atoms with van der Waals surface area (Å²) in [6.45, 7) is 3.85. The van der Waals surface area contributed by atoms with Crippen molar-refractivity contribution < 1.29 is 9.66 Å². The van der Waals surface area contributed by atoms with Crippen LogP contribution >= 0.6 is 0 Å². The zero-order valence-corrected chi connectivity index (χ0v) is 12.0. The van der Waals surface area contributed by atoms with Gasteiger partial charge in [0.05, 0.1) is 11.0 Å². The average molecular weight is 283 g/mol. The zero-order valence-electron chi connectivity index (χ0n) is 12.0. The molecule has 0 aliphatic carbocycles. The Morgan fingerprint density at radius 3 is 2.43 bits per heavy atom. The minimum absolute atomic E-state index is 0.00957. The predicted molar refractivity (Wildman–Crippen MR) is 84.2 cm³/mol. The molecular weight excluding hydrogens is 266 g/mol. The summed E-state index contributed by atoms with van der Waals surface area (Å²) in [6.07, 6.45) is 3.75. The summed E-state index contributed by atoms with van der Waals surface area (Å²) < 4.78 is 5.69. The molecule has 108 valence electrons. The second-order valence-electron chi connectivity index (χ2n) is 4.89. The topological polar surface area (TPSA) is 52.4 Å². The molecule has 0 amide bonds. The fourth-order valence-electron chi connectivity index (χ4n) is 1.89. The summed E-state index contributed by atoms with van der Waals surface area (Å²) in [6, 6.07) is 14.4. The summed E-state index contributed by atoms with van der Waals surface area (Å²) in [5, 5.41) is 10.9. The van der Waals surface area contributed by atoms with E-state index in [9.17, 15) is 10.1 Å². The van der Waals surface area contributed by atoms with Gasteiger partial charge in [-0.1, -0.05) is 42.5 Å². The molecular formula is C17H17NO3. The first-order valence-electron chi connectivity index (χ1n) is 6.74. The first kappa shape index (κ1) is 14.8. The Morgan fingerprint density at radius 1 is 1.10 bits per heavy atom. The summed E-state index contributed by atoms with van der Waals surface area (Å²) in [5.74, 6) is 0.641. The van der Waals surface area contributed by atoms with E-state index in [1.54, 1.807) is 6.07 Å². The molecule has 0 fully saturated rings. The van der Waals surface area contributed by atoms with Gasteiger partial charge < -0.3 is 4.74 Å². The third kappa shape index (κ3) is 4.18. The highest BCUT2D eigenvalue weighted by Crippen LogP contribution is 2.27. The molecule has 0 spiro atoms. The molecule has 0 unspecified atom stereocenters. The molecule has 4 nitrogen and oxygen atoms in total. The highest BCUT2D eigenvalue weighted by atomic mass is 16.6. The van der Waals surface area contributed by atoms with Crippen LogP contribution in [-0.4, -0.2) is 11.0 Å². The van der Waals surface area contributed by atoms with Gasteiger partial charge in [0.1, 0.15) is 5.75 Å². The van der Waals surface area contributed by atoms with Crippen molar-refractivity contribution in [3.05, 3.63) is 69.8 Å². The molecule has 0 saturated carbocycles. The molecule has 0 saturated heterocycles. The summed E-state index contributed by atoms with van der Waals surface area (Å²) >= 11 is 0. The van der Waals surface area contributed by atoms with Crippen molar-refractivity contribution in [3.8, 4) is 5.75 Å². The maximum absolute atomic E-state index is 10.9. The molecule has 2 aromatic rings. The van der Waals surface area contributed by atoms with Crippen LogP contribution < -0.4 is 4.74 Å². The lowest BCUT2D eigenvalue weighted by Crippen LogP contribution is -2.06. The lowest BCUT2D eigenvalue weighted by Gasteiger charge is -2.12. The zero-order chi connectivity index (χ0) is 15.2. The van der Waals surface area contributed by atoms with Gasteiger partial charge in [-0.15, -0.1) is 0 Å². The van der Waals surface area contributed by atoms with Gasteiger partial charge in [-0.05, 0) is 25.5 Å². The minimum Gasteiger partial charge on any atom is -0.490 e. The molecule has 21 heavy (non-hydrogen) atoms. The molecule has 0 bridgehead atoms. The Balaban J connectivity index is 2.36. The summed E-state index contributed by atoms with van der Waals surface area (Å²) in [4.78, 5) is 10.5. The van der Waals surface area contributed by atoms with Gasteiger partial charge in [0.2, 0.25) is 0 Å². The maximum atomic E-state index is 10.9. The molecule has 0 aliphatic heterocycles. The van der Waals surface area contributed by atoms with Crippen molar-refractivity contribution >= 4 is 17.8 Å². The van der Waals surface area contributed by atoms with E-state index < -0.39 is 4.92 Å². The van der Waals surface area contributed by atoms with Gasteiger partial charge >= 0.3 is 0 Å². The summed E-state index contributed by atoms with van der Waals surface area (Å²) in [5.41, 5.74) is 1.78. The van der Waals surface area contributed by atoms with Crippen LogP contribution in [0.4, 0.5) is 5.69 Å². The molecule has 0 atom stereocenters. The van der Waals surface area contributed by atoms with Crippen LogP contribution in [0, 0.1) is 10.1 Å². The number of nitro benzene ring substituents is 1. The fraction of sp³-hybridized carbons (Fsp3) is 0.176. The normalized spacial score (nSPS) is 11.0. The average Bonchev–Trinajstić information content (AvgIpc) is 2.46. The van der Waals surface area contributed by atoms with Crippen LogP contribution in [0.1, 0.15) is 25.0 Å². The number of nitrogens with zero attached hydrogens (tertiary/aromatic N) is 1. The largest absolute Gasteiger partial charge is 0.490 e. The number of non-ortho nitro benzene ring substituents is 1. The lowest BCUT2D eigenvalue weighted by atomic mass is 10.1. The quantitative estimate of drug-likeness (QED) is 0.459. The second kappa shape index (κ2) is 6.70. The Hall–Kier alpha value is -2.62. The van der Waals surface area contributed by atoms with Crippen molar-refractivity contribution in [2.45, 2.75) is 20.0 Å². The minimum atomic E-state index is -0.404. The predicted octanol–water partition coefficient (Wildman–Crippen LogP) is 4.55. The van der Waals surface area contributed by atoms with E-state index in [0.717, 1.165) is 5.56 Å². The first-order chi connectivity index (χ1) is 10.1. The fourth-order valence-corrected chi connectivity index (χ4v) is 1.89. The van der Waals surface area contributed by atoms with Gasteiger partial charge in [0.15, 0.2) is 0 Å². The molecule has 0 heterocycles. The van der Waals surface area contributed by atoms with E-state index in [-0.39, 0.29) is 11.8 Å². The molecule has 2 rings (SSSR count). The number of rotatable bonds is 5. The van der Waals surface area contributed by atoms with Crippen LogP contribution in [0.25, 0.3) is 12.2 Å². The summed E-state index contributed by atoms with van der Waals surface area (Å²) in [7, 11) is 0. The van der Waals surface area contributed by atoms with E-state index in [2.05, 4.69) is 0 Å². The van der Waals surface area contributed by atoms with Crippen molar-refractivity contribution in [2.24, 2.45) is 0 Å². The van der Waals surface area contributed by atoms with Gasteiger partial charge in [-0.25, -0.2) is 0 Å². The molecule has 2 aromatic carbocycles. The van der Waals surface area contributed by atoms with Crippen molar-refractivity contribution in [2.75, 3.05) is 0 Å². The van der Waals surface area contributed by atoms with E-state index >= 15 is 0 Å². The molecule has 0 aliphatic rings. The molecule has 0 aromatic heterocycles. The number of nitro groups is 1. The van der Waals surface area contributed by atoms with Gasteiger partial charge in [0.25, 0.3) is 5.69 Å². The highest BCUT2D eigenvalue weighted by molar-refractivity contribution is 5.73. The Labute approximate surface area is 123 Å². The van der Waals surface area contributed by atoms with Crippen LogP contribution in [0.3, 0.4) is 0 Å². The molecule has 0 N–H and O–H groups in total. The smallest absolute Gasteiger partial charge is 0.270 e. The van der Waals surface area contributed by atoms with Gasteiger partial charge in [0, 0.05) is 17.7 Å². The van der Waals surface area contributed by atoms with Crippen molar-refractivity contribution in [3.63, 3.8) is 0 Å². The third-order valence-electron chi connectivity index (χ3n) is 2.82. The van der Waals surface area contributed by atoms with E-state index in [4.69, 9.17) is 4.74 Å².